The van der Waals surface area contributed by atoms with E-state index in [-0.39, 0.29) is 23.0 Å². The van der Waals surface area contributed by atoms with E-state index in [2.05, 4.69) is 16.9 Å². The maximum atomic E-state index is 13.6. The van der Waals surface area contributed by atoms with Crippen molar-refractivity contribution in [2.75, 3.05) is 11.1 Å². The molecule has 2 aromatic carbocycles. The summed E-state index contributed by atoms with van der Waals surface area (Å²) in [5.41, 5.74) is 1.30. The summed E-state index contributed by atoms with van der Waals surface area (Å²) in [4.78, 5) is 29.4. The largest absolute Gasteiger partial charge is 0.325 e. The molecule has 0 atom stereocenters. The van der Waals surface area contributed by atoms with E-state index in [0.717, 1.165) is 11.8 Å². The van der Waals surface area contributed by atoms with E-state index in [4.69, 9.17) is 0 Å². The number of hydrogen-bond acceptors (Lipinski definition) is 4. The number of nitrogens with zero attached hydrogens (tertiary/aromatic N) is 2. The van der Waals surface area contributed by atoms with Gasteiger partial charge in [-0.15, -0.1) is 6.58 Å². The first-order valence-electron chi connectivity index (χ1n) is 8.29. The van der Waals surface area contributed by atoms with Crippen molar-refractivity contribution in [2.24, 2.45) is 0 Å². The molecular weight excluding hydrogens is 365 g/mol. The highest BCUT2D eigenvalue weighted by molar-refractivity contribution is 7.99. The molecule has 0 fully saturated rings. The molecule has 7 heteroatoms. The summed E-state index contributed by atoms with van der Waals surface area (Å²) in [5.74, 6) is -0.649. The molecule has 1 heterocycles. The van der Waals surface area contributed by atoms with Gasteiger partial charge in [-0.1, -0.05) is 36.0 Å². The van der Waals surface area contributed by atoms with Crippen LogP contribution in [0.3, 0.4) is 0 Å². The van der Waals surface area contributed by atoms with Crippen molar-refractivity contribution in [1.29, 1.82) is 0 Å². The number of rotatable bonds is 6. The maximum absolute atomic E-state index is 13.6. The zero-order valence-electron chi connectivity index (χ0n) is 14.7. The topological polar surface area (TPSA) is 64.0 Å². The second-order valence-corrected chi connectivity index (χ2v) is 6.86. The average molecular weight is 383 g/mol. The molecule has 5 nitrogen and oxygen atoms in total. The van der Waals surface area contributed by atoms with E-state index in [0.29, 0.717) is 33.9 Å². The number of nitrogens with one attached hydrogen (secondary N) is 1. The quantitative estimate of drug-likeness (QED) is 0.400. The monoisotopic (exact) mass is 383 g/mol. The lowest BCUT2D eigenvalue weighted by Crippen LogP contribution is -2.23. The van der Waals surface area contributed by atoms with Gasteiger partial charge in [0.2, 0.25) is 5.91 Å². The van der Waals surface area contributed by atoms with Crippen LogP contribution >= 0.6 is 11.8 Å². The Morgan fingerprint density at radius 3 is 2.85 bits per heavy atom. The second-order valence-electron chi connectivity index (χ2n) is 5.92. The number of halogens is 1. The first-order valence-corrected chi connectivity index (χ1v) is 9.27. The predicted octanol–water partition coefficient (Wildman–Crippen LogP) is 3.76. The fourth-order valence-electron chi connectivity index (χ4n) is 2.55. The number of allylic oxidation sites excluding steroid dienone is 1. The maximum Gasteiger partial charge on any atom is 0.262 e. The lowest BCUT2D eigenvalue weighted by Gasteiger charge is -2.11. The molecular formula is C20H18FN3O2S. The van der Waals surface area contributed by atoms with Crippen LogP contribution in [-0.2, 0) is 11.3 Å². The first-order chi connectivity index (χ1) is 13.0. The lowest BCUT2D eigenvalue weighted by atomic mass is 10.2. The highest BCUT2D eigenvalue weighted by atomic mass is 32.2. The number of fused-ring (bicyclic) bond motifs is 1. The second kappa shape index (κ2) is 8.18. The van der Waals surface area contributed by atoms with Gasteiger partial charge in [0.05, 0.1) is 16.7 Å². The number of hydrogen-bond donors (Lipinski definition) is 1. The number of para-hydroxylation sites is 1. The fraction of sp³-hybridized carbons (Fsp3) is 0.150. The van der Waals surface area contributed by atoms with E-state index in [1.54, 1.807) is 49.4 Å². The summed E-state index contributed by atoms with van der Waals surface area (Å²) in [6.45, 7) is 5.62. The summed E-state index contributed by atoms with van der Waals surface area (Å²) in [7, 11) is 0. The minimum atomic E-state index is -0.378. The minimum Gasteiger partial charge on any atom is -0.325 e. The number of thioether (sulfide) groups is 1. The molecule has 0 saturated carbocycles. The van der Waals surface area contributed by atoms with Crippen LogP contribution in [0.25, 0.3) is 10.9 Å². The Balaban J connectivity index is 1.80. The van der Waals surface area contributed by atoms with Crippen LogP contribution < -0.4 is 10.9 Å². The molecule has 138 valence electrons. The van der Waals surface area contributed by atoms with Crippen LogP contribution in [-0.4, -0.2) is 21.2 Å². The van der Waals surface area contributed by atoms with Gasteiger partial charge in [0.15, 0.2) is 5.16 Å². The third-order valence-corrected chi connectivity index (χ3v) is 4.90. The number of amides is 1. The van der Waals surface area contributed by atoms with Crippen molar-refractivity contribution in [3.05, 3.63) is 76.9 Å². The molecule has 3 rings (SSSR count). The van der Waals surface area contributed by atoms with Crippen molar-refractivity contribution >= 4 is 34.3 Å². The van der Waals surface area contributed by atoms with Crippen molar-refractivity contribution < 1.29 is 9.18 Å². The van der Waals surface area contributed by atoms with Crippen LogP contribution in [0.5, 0.6) is 0 Å². The van der Waals surface area contributed by atoms with Crippen LogP contribution in [0, 0.1) is 12.7 Å². The van der Waals surface area contributed by atoms with Crippen LogP contribution in [0.2, 0.25) is 0 Å². The van der Waals surface area contributed by atoms with Gasteiger partial charge in [-0.3, -0.25) is 14.2 Å². The molecule has 27 heavy (non-hydrogen) atoms. The molecule has 0 aliphatic heterocycles. The zero-order valence-corrected chi connectivity index (χ0v) is 15.6. The van der Waals surface area contributed by atoms with Gasteiger partial charge < -0.3 is 5.32 Å². The van der Waals surface area contributed by atoms with E-state index in [1.807, 2.05) is 0 Å². The summed E-state index contributed by atoms with van der Waals surface area (Å²) in [6, 6.07) is 11.6. The molecule has 0 bridgehead atoms. The molecule has 0 saturated heterocycles. The predicted molar refractivity (Wildman–Crippen MR) is 107 cm³/mol. The van der Waals surface area contributed by atoms with Crippen molar-refractivity contribution in [2.45, 2.75) is 18.6 Å². The van der Waals surface area contributed by atoms with E-state index < -0.39 is 0 Å². The molecule has 0 aliphatic rings. The van der Waals surface area contributed by atoms with Gasteiger partial charge in [-0.25, -0.2) is 9.37 Å². The van der Waals surface area contributed by atoms with E-state index in [1.165, 1.54) is 10.6 Å². The van der Waals surface area contributed by atoms with Gasteiger partial charge >= 0.3 is 0 Å². The van der Waals surface area contributed by atoms with Crippen LogP contribution in [0.15, 0.2) is 65.1 Å². The van der Waals surface area contributed by atoms with Crippen molar-refractivity contribution in [3.8, 4) is 0 Å². The van der Waals surface area contributed by atoms with Crippen molar-refractivity contribution in [1.82, 2.24) is 9.55 Å². The van der Waals surface area contributed by atoms with Crippen LogP contribution in [0.4, 0.5) is 10.1 Å². The Morgan fingerprint density at radius 1 is 1.33 bits per heavy atom. The Labute approximate surface area is 159 Å². The summed E-state index contributed by atoms with van der Waals surface area (Å²) < 4.78 is 15.1. The highest BCUT2D eigenvalue weighted by Gasteiger charge is 2.13. The number of benzene rings is 2. The normalized spacial score (nSPS) is 10.7. The van der Waals surface area contributed by atoms with Gasteiger partial charge in [0.25, 0.3) is 5.56 Å². The number of aryl methyl sites for hydroxylation is 1. The smallest absolute Gasteiger partial charge is 0.262 e. The summed E-state index contributed by atoms with van der Waals surface area (Å²) in [6.07, 6.45) is 1.61. The summed E-state index contributed by atoms with van der Waals surface area (Å²) >= 11 is 1.15. The van der Waals surface area contributed by atoms with Gasteiger partial charge in [-0.2, -0.15) is 0 Å². The number of anilines is 1. The number of carbonyl (C=O) groups is 1. The lowest BCUT2D eigenvalue weighted by molar-refractivity contribution is -0.113. The van der Waals surface area contributed by atoms with Gasteiger partial charge in [0.1, 0.15) is 5.82 Å². The number of aromatic nitrogens is 2. The first kappa shape index (κ1) is 18.8. The average Bonchev–Trinajstić information content (AvgIpc) is 2.66. The Hall–Kier alpha value is -2.93. The Kier molecular flexibility index (Phi) is 5.71. The standard InChI is InChI=1S/C20H18FN3O2S/c1-3-10-24-19(26)15-6-4-5-7-17(15)23-20(24)27-12-18(25)22-14-9-8-13(2)16(21)11-14/h3-9,11H,1,10,12H2,2H3,(H,22,25). The highest BCUT2D eigenvalue weighted by Crippen LogP contribution is 2.19. The molecule has 1 amide bonds. The third kappa shape index (κ3) is 4.25. The van der Waals surface area contributed by atoms with Crippen molar-refractivity contribution in [3.63, 3.8) is 0 Å². The minimum absolute atomic E-state index is 0.0391. The molecule has 0 radical (unpaired) electrons. The van der Waals surface area contributed by atoms with Crippen LogP contribution in [0.1, 0.15) is 5.56 Å². The van der Waals surface area contributed by atoms with E-state index in [9.17, 15) is 14.0 Å². The SMILES string of the molecule is C=CCn1c(SCC(=O)Nc2ccc(C)c(F)c2)nc2ccccc2c1=O. The summed E-state index contributed by atoms with van der Waals surface area (Å²) in [5, 5.41) is 3.60. The zero-order chi connectivity index (χ0) is 19.4. The molecule has 0 spiro atoms. The molecule has 1 aromatic heterocycles. The Morgan fingerprint density at radius 2 is 2.11 bits per heavy atom. The molecule has 3 aromatic rings. The van der Waals surface area contributed by atoms with E-state index >= 15 is 0 Å². The molecule has 1 N–H and O–H groups in total. The third-order valence-electron chi connectivity index (χ3n) is 3.93. The molecule has 0 aliphatic carbocycles. The molecule has 0 unspecified atom stereocenters. The van der Waals surface area contributed by atoms with Gasteiger partial charge in [0, 0.05) is 12.2 Å². The fourth-order valence-corrected chi connectivity index (χ4v) is 3.35. The number of carbonyl (C=O) groups excluding carboxylic acids is 1. The Bertz CT molecular complexity index is 1080. The van der Waals surface area contributed by atoms with Gasteiger partial charge in [-0.05, 0) is 36.8 Å².